The molecule has 0 unspecified atom stereocenters. The first-order chi connectivity index (χ1) is 8.54. The first-order valence-corrected chi connectivity index (χ1v) is 5.97. The Morgan fingerprint density at radius 2 is 1.83 bits per heavy atom. The maximum atomic E-state index is 13.1. The molecule has 0 aromatic heterocycles. The summed E-state index contributed by atoms with van der Waals surface area (Å²) in [5, 5.41) is 2.59. The summed E-state index contributed by atoms with van der Waals surface area (Å²) in [4.78, 5) is 11.9. The molecular weight excluding hydrogens is 299 g/mol. The van der Waals surface area contributed by atoms with Gasteiger partial charge in [-0.25, -0.2) is 4.39 Å². The number of anilines is 2. The molecule has 0 saturated heterocycles. The highest BCUT2D eigenvalue weighted by molar-refractivity contribution is 9.10. The molecule has 0 aliphatic carbocycles. The van der Waals surface area contributed by atoms with Crippen molar-refractivity contribution in [2.75, 3.05) is 11.1 Å². The van der Waals surface area contributed by atoms with Crippen LogP contribution in [0.4, 0.5) is 15.8 Å². The minimum atomic E-state index is -0.485. The van der Waals surface area contributed by atoms with Crippen molar-refractivity contribution in [3.63, 3.8) is 0 Å². The Balaban J connectivity index is 2.18. The molecule has 2 aromatic rings. The van der Waals surface area contributed by atoms with E-state index in [0.29, 0.717) is 11.3 Å². The van der Waals surface area contributed by atoms with Gasteiger partial charge in [-0.1, -0.05) is 15.9 Å². The Bertz CT molecular complexity index is 564. The number of carbonyl (C=O) groups is 1. The van der Waals surface area contributed by atoms with E-state index in [1.54, 1.807) is 24.3 Å². The van der Waals surface area contributed by atoms with Crippen LogP contribution in [-0.2, 0) is 0 Å². The lowest BCUT2D eigenvalue weighted by atomic mass is 10.2. The predicted molar refractivity (Wildman–Crippen MR) is 72.9 cm³/mol. The maximum Gasteiger partial charge on any atom is 0.255 e. The molecule has 18 heavy (non-hydrogen) atoms. The number of hydrogen-bond donors (Lipinski definition) is 2. The van der Waals surface area contributed by atoms with Crippen LogP contribution in [0.25, 0.3) is 0 Å². The number of benzene rings is 2. The van der Waals surface area contributed by atoms with Crippen LogP contribution in [0.3, 0.4) is 0 Å². The van der Waals surface area contributed by atoms with E-state index < -0.39 is 5.82 Å². The lowest BCUT2D eigenvalue weighted by Crippen LogP contribution is -2.12. The van der Waals surface area contributed by atoms with Crippen LogP contribution < -0.4 is 11.1 Å². The number of rotatable bonds is 2. The van der Waals surface area contributed by atoms with E-state index >= 15 is 0 Å². The number of hydrogen-bond acceptors (Lipinski definition) is 2. The summed E-state index contributed by atoms with van der Waals surface area (Å²) in [6.45, 7) is 0. The van der Waals surface area contributed by atoms with E-state index in [4.69, 9.17) is 5.73 Å². The van der Waals surface area contributed by atoms with Gasteiger partial charge in [0.1, 0.15) is 5.82 Å². The molecule has 0 bridgehead atoms. The number of nitrogens with two attached hydrogens (primary N) is 1. The summed E-state index contributed by atoms with van der Waals surface area (Å²) in [7, 11) is 0. The third-order valence-electron chi connectivity index (χ3n) is 2.28. The molecule has 0 atom stereocenters. The highest BCUT2D eigenvalue weighted by Gasteiger charge is 2.07. The molecule has 0 spiro atoms. The first-order valence-electron chi connectivity index (χ1n) is 5.17. The fourth-order valence-electron chi connectivity index (χ4n) is 1.49. The van der Waals surface area contributed by atoms with Crippen molar-refractivity contribution in [2.45, 2.75) is 0 Å². The minimum Gasteiger partial charge on any atom is -0.399 e. The van der Waals surface area contributed by atoms with Gasteiger partial charge in [0.2, 0.25) is 0 Å². The van der Waals surface area contributed by atoms with Crippen LogP contribution in [0.15, 0.2) is 46.9 Å². The van der Waals surface area contributed by atoms with E-state index in [0.717, 1.165) is 4.47 Å². The number of carbonyl (C=O) groups excluding carboxylic acids is 1. The van der Waals surface area contributed by atoms with Crippen LogP contribution in [0.2, 0.25) is 0 Å². The molecule has 2 rings (SSSR count). The SMILES string of the molecule is Nc1cc(F)cc(NC(=O)c2ccc(Br)cc2)c1. The van der Waals surface area contributed by atoms with Gasteiger partial charge in [0, 0.05) is 21.4 Å². The molecule has 0 heterocycles. The monoisotopic (exact) mass is 308 g/mol. The second-order valence-electron chi connectivity index (χ2n) is 3.73. The highest BCUT2D eigenvalue weighted by atomic mass is 79.9. The van der Waals surface area contributed by atoms with Gasteiger partial charge in [-0.05, 0) is 42.5 Å². The molecule has 3 nitrogen and oxygen atoms in total. The summed E-state index contributed by atoms with van der Waals surface area (Å²) < 4.78 is 14.0. The largest absolute Gasteiger partial charge is 0.399 e. The minimum absolute atomic E-state index is 0.265. The van der Waals surface area contributed by atoms with Crippen molar-refractivity contribution in [3.05, 3.63) is 58.3 Å². The first kappa shape index (κ1) is 12.6. The van der Waals surface area contributed by atoms with E-state index in [9.17, 15) is 9.18 Å². The average Bonchev–Trinajstić information content (AvgIpc) is 2.28. The van der Waals surface area contributed by atoms with Gasteiger partial charge in [-0.2, -0.15) is 0 Å². The summed E-state index contributed by atoms with van der Waals surface area (Å²) in [6, 6.07) is 10.8. The lowest BCUT2D eigenvalue weighted by molar-refractivity contribution is 0.102. The van der Waals surface area contributed by atoms with E-state index in [-0.39, 0.29) is 11.6 Å². The second kappa shape index (κ2) is 5.18. The summed E-state index contributed by atoms with van der Waals surface area (Å²) in [5.41, 5.74) is 6.58. The van der Waals surface area contributed by atoms with Gasteiger partial charge in [0.05, 0.1) is 0 Å². The molecule has 0 radical (unpaired) electrons. The molecule has 0 aliphatic rings. The van der Waals surface area contributed by atoms with Crippen molar-refractivity contribution in [1.82, 2.24) is 0 Å². The summed E-state index contributed by atoms with van der Waals surface area (Å²) >= 11 is 3.28. The zero-order valence-electron chi connectivity index (χ0n) is 9.28. The van der Waals surface area contributed by atoms with Crippen LogP contribution in [0.1, 0.15) is 10.4 Å². The molecule has 92 valence electrons. The highest BCUT2D eigenvalue weighted by Crippen LogP contribution is 2.17. The Kier molecular flexibility index (Phi) is 3.62. The molecule has 3 N–H and O–H groups in total. The summed E-state index contributed by atoms with van der Waals surface area (Å²) in [5.74, 6) is -0.798. The molecule has 1 amide bonds. The Hall–Kier alpha value is -1.88. The molecule has 5 heteroatoms. The van der Waals surface area contributed by atoms with Gasteiger partial charge in [-0.15, -0.1) is 0 Å². The zero-order chi connectivity index (χ0) is 13.1. The van der Waals surface area contributed by atoms with Crippen molar-refractivity contribution in [1.29, 1.82) is 0 Å². The smallest absolute Gasteiger partial charge is 0.255 e. The molecular formula is C13H10BrFN2O. The molecule has 0 aliphatic heterocycles. The number of nitrogen functional groups attached to an aromatic ring is 1. The van der Waals surface area contributed by atoms with Gasteiger partial charge in [0.15, 0.2) is 0 Å². The van der Waals surface area contributed by atoms with Crippen LogP contribution in [0, 0.1) is 5.82 Å². The van der Waals surface area contributed by atoms with E-state index in [2.05, 4.69) is 21.2 Å². The molecule has 2 aromatic carbocycles. The summed E-state index contributed by atoms with van der Waals surface area (Å²) in [6.07, 6.45) is 0. The molecule has 0 fully saturated rings. The number of amides is 1. The Morgan fingerprint density at radius 3 is 2.44 bits per heavy atom. The molecule has 0 saturated carbocycles. The topological polar surface area (TPSA) is 55.1 Å². The number of halogens is 2. The van der Waals surface area contributed by atoms with Crippen LogP contribution >= 0.6 is 15.9 Å². The standard InChI is InChI=1S/C13H10BrFN2O/c14-9-3-1-8(2-4-9)13(18)17-12-6-10(15)5-11(16)7-12/h1-7H,16H2,(H,17,18). The van der Waals surface area contributed by atoms with Gasteiger partial charge in [-0.3, -0.25) is 4.79 Å². The van der Waals surface area contributed by atoms with Crippen molar-refractivity contribution in [2.24, 2.45) is 0 Å². The number of nitrogens with one attached hydrogen (secondary N) is 1. The fraction of sp³-hybridized carbons (Fsp3) is 0. The lowest BCUT2D eigenvalue weighted by Gasteiger charge is -2.06. The second-order valence-corrected chi connectivity index (χ2v) is 4.65. The van der Waals surface area contributed by atoms with Crippen molar-refractivity contribution >= 4 is 33.2 Å². The quantitative estimate of drug-likeness (QED) is 0.835. The van der Waals surface area contributed by atoms with Crippen molar-refractivity contribution in [3.8, 4) is 0 Å². The van der Waals surface area contributed by atoms with Gasteiger partial charge in [0.25, 0.3) is 5.91 Å². The Morgan fingerprint density at radius 1 is 1.17 bits per heavy atom. The fourth-order valence-corrected chi connectivity index (χ4v) is 1.75. The third kappa shape index (κ3) is 3.07. The zero-order valence-corrected chi connectivity index (χ0v) is 10.9. The van der Waals surface area contributed by atoms with Gasteiger partial charge >= 0.3 is 0 Å². The van der Waals surface area contributed by atoms with Crippen LogP contribution in [-0.4, -0.2) is 5.91 Å². The van der Waals surface area contributed by atoms with Crippen LogP contribution in [0.5, 0.6) is 0 Å². The van der Waals surface area contributed by atoms with E-state index in [1.165, 1.54) is 18.2 Å². The maximum absolute atomic E-state index is 13.1. The van der Waals surface area contributed by atoms with E-state index in [1.807, 2.05) is 0 Å². The Labute approximate surface area is 112 Å². The van der Waals surface area contributed by atoms with Gasteiger partial charge < -0.3 is 11.1 Å². The third-order valence-corrected chi connectivity index (χ3v) is 2.81. The normalized spacial score (nSPS) is 10.1. The average molecular weight is 309 g/mol. The van der Waals surface area contributed by atoms with Crippen molar-refractivity contribution < 1.29 is 9.18 Å². The predicted octanol–water partition coefficient (Wildman–Crippen LogP) is 3.42.